The summed E-state index contributed by atoms with van der Waals surface area (Å²) in [7, 11) is 0. The Morgan fingerprint density at radius 2 is 1.33 bits per heavy atom. The van der Waals surface area contributed by atoms with E-state index < -0.39 is 0 Å². The summed E-state index contributed by atoms with van der Waals surface area (Å²) in [5.41, 5.74) is 1.67. The highest BCUT2D eigenvalue weighted by Gasteiger charge is 2.10. The minimum atomic E-state index is -0.0817. The molecule has 0 unspecified atom stereocenters. The molecule has 0 N–H and O–H groups in total. The lowest BCUT2D eigenvalue weighted by molar-refractivity contribution is 0.516. The highest BCUT2D eigenvalue weighted by molar-refractivity contribution is 5.30. The van der Waals surface area contributed by atoms with Crippen LogP contribution in [0.3, 0.4) is 0 Å². The zero-order chi connectivity index (χ0) is 10.5. The first-order valence-electron chi connectivity index (χ1n) is 4.97. The molecule has 0 aliphatic carbocycles. The third-order valence-corrected chi connectivity index (χ3v) is 2.29. The minimum Gasteiger partial charge on any atom is -0.234 e. The van der Waals surface area contributed by atoms with Crippen molar-refractivity contribution in [2.75, 3.05) is 0 Å². The molecule has 0 aromatic heterocycles. The molecule has 2 rings (SSSR count). The Morgan fingerprint density at radius 3 is 1.93 bits per heavy atom. The summed E-state index contributed by atoms with van der Waals surface area (Å²) in [6.07, 6.45) is 0.284. The molecule has 0 amide bonds. The fourth-order valence-electron chi connectivity index (χ4n) is 1.50. The van der Waals surface area contributed by atoms with E-state index in [1.54, 1.807) is 12.1 Å². The zero-order valence-corrected chi connectivity index (χ0v) is 8.36. The molecular weight excluding hydrogens is 187 g/mol. The van der Waals surface area contributed by atoms with Crippen molar-refractivity contribution in [1.82, 2.24) is 0 Å². The van der Waals surface area contributed by atoms with Gasteiger partial charge in [-0.05, 0) is 11.1 Å². The van der Waals surface area contributed by atoms with Crippen molar-refractivity contribution in [3.8, 4) is 0 Å². The molecule has 15 heavy (non-hydrogen) atoms. The Hall–Kier alpha value is -1.63. The summed E-state index contributed by atoms with van der Waals surface area (Å²) in [6.45, 7) is 0. The van der Waals surface area contributed by atoms with E-state index in [-0.39, 0.29) is 6.17 Å². The van der Waals surface area contributed by atoms with Gasteiger partial charge in [0.2, 0.25) is 0 Å². The fourth-order valence-corrected chi connectivity index (χ4v) is 1.50. The maximum atomic E-state index is 13.7. The lowest BCUT2D eigenvalue weighted by Crippen LogP contribution is -1.97. The SMILES string of the molecule is F[C](Cc1ccccc1)c1ccccc1. The van der Waals surface area contributed by atoms with Crippen LogP contribution < -0.4 is 0 Å². The van der Waals surface area contributed by atoms with Gasteiger partial charge in [0.05, 0.1) is 0 Å². The highest BCUT2D eigenvalue weighted by atomic mass is 19.1. The van der Waals surface area contributed by atoms with E-state index in [0.717, 1.165) is 5.56 Å². The third kappa shape index (κ3) is 2.66. The smallest absolute Gasteiger partial charge is 0.178 e. The predicted molar refractivity (Wildman–Crippen MR) is 60.0 cm³/mol. The van der Waals surface area contributed by atoms with E-state index in [1.165, 1.54) is 0 Å². The van der Waals surface area contributed by atoms with Crippen molar-refractivity contribution >= 4 is 0 Å². The number of hydrogen-bond donors (Lipinski definition) is 0. The number of hydrogen-bond acceptors (Lipinski definition) is 0. The molecule has 2 aromatic rings. The second-order valence-corrected chi connectivity index (χ2v) is 3.43. The number of benzene rings is 2. The monoisotopic (exact) mass is 199 g/mol. The van der Waals surface area contributed by atoms with Crippen molar-refractivity contribution in [2.45, 2.75) is 6.42 Å². The molecule has 0 heterocycles. The molecule has 0 aliphatic heterocycles. The average molecular weight is 199 g/mol. The standard InChI is InChI=1S/C14H12F/c15-14(13-9-5-2-6-10-13)11-12-7-3-1-4-8-12/h1-10H,11H2. The van der Waals surface area contributed by atoms with Crippen molar-refractivity contribution in [1.29, 1.82) is 0 Å². The Balaban J connectivity index is 2.08. The van der Waals surface area contributed by atoms with Crippen LogP contribution in [0, 0.1) is 6.17 Å². The molecule has 0 spiro atoms. The summed E-state index contributed by atoms with van der Waals surface area (Å²) in [5, 5.41) is 0. The van der Waals surface area contributed by atoms with Gasteiger partial charge < -0.3 is 0 Å². The highest BCUT2D eigenvalue weighted by Crippen LogP contribution is 2.20. The number of halogens is 1. The van der Waals surface area contributed by atoms with Crippen molar-refractivity contribution in [3.63, 3.8) is 0 Å². The van der Waals surface area contributed by atoms with Gasteiger partial charge in [0.15, 0.2) is 6.17 Å². The van der Waals surface area contributed by atoms with Crippen LogP contribution in [-0.4, -0.2) is 0 Å². The first-order valence-corrected chi connectivity index (χ1v) is 4.97. The molecule has 0 saturated carbocycles. The maximum Gasteiger partial charge on any atom is 0.178 e. The van der Waals surface area contributed by atoms with Gasteiger partial charge in [-0.3, -0.25) is 0 Å². The third-order valence-electron chi connectivity index (χ3n) is 2.29. The summed E-state index contributed by atoms with van der Waals surface area (Å²) < 4.78 is 13.7. The van der Waals surface area contributed by atoms with Gasteiger partial charge in [0, 0.05) is 6.42 Å². The van der Waals surface area contributed by atoms with Crippen LogP contribution in [0.2, 0.25) is 0 Å². The molecule has 0 nitrogen and oxygen atoms in total. The maximum absolute atomic E-state index is 13.7. The number of rotatable bonds is 3. The van der Waals surface area contributed by atoms with E-state index in [1.807, 2.05) is 48.5 Å². The van der Waals surface area contributed by atoms with E-state index in [9.17, 15) is 4.39 Å². The summed E-state index contributed by atoms with van der Waals surface area (Å²) in [6, 6.07) is 18.8. The Morgan fingerprint density at radius 1 is 0.800 bits per heavy atom. The molecular formula is C14H12F. The van der Waals surface area contributed by atoms with Crippen LogP contribution in [0.4, 0.5) is 4.39 Å². The first kappa shape index (κ1) is 9.91. The first-order chi connectivity index (χ1) is 7.36. The van der Waals surface area contributed by atoms with Crippen molar-refractivity contribution in [2.24, 2.45) is 0 Å². The Labute approximate surface area is 89.4 Å². The Kier molecular flexibility index (Phi) is 3.13. The van der Waals surface area contributed by atoms with Gasteiger partial charge >= 0.3 is 0 Å². The molecule has 0 fully saturated rings. The summed E-state index contributed by atoms with van der Waals surface area (Å²) >= 11 is 0. The van der Waals surface area contributed by atoms with E-state index >= 15 is 0 Å². The van der Waals surface area contributed by atoms with Gasteiger partial charge in [0.1, 0.15) is 0 Å². The largest absolute Gasteiger partial charge is 0.234 e. The minimum absolute atomic E-state index is 0.0817. The van der Waals surface area contributed by atoms with Crippen LogP contribution in [0.1, 0.15) is 11.1 Å². The van der Waals surface area contributed by atoms with E-state index in [2.05, 4.69) is 0 Å². The van der Waals surface area contributed by atoms with E-state index in [0.29, 0.717) is 12.0 Å². The molecule has 2 aromatic carbocycles. The molecule has 1 heteroatoms. The predicted octanol–water partition coefficient (Wildman–Crippen LogP) is 3.78. The average Bonchev–Trinajstić information content (AvgIpc) is 2.31. The second-order valence-electron chi connectivity index (χ2n) is 3.43. The van der Waals surface area contributed by atoms with Crippen molar-refractivity contribution in [3.05, 3.63) is 78.0 Å². The van der Waals surface area contributed by atoms with Crippen molar-refractivity contribution < 1.29 is 4.39 Å². The van der Waals surface area contributed by atoms with Gasteiger partial charge in [-0.1, -0.05) is 60.7 Å². The summed E-state index contributed by atoms with van der Waals surface area (Å²) in [4.78, 5) is 0. The molecule has 1 radical (unpaired) electrons. The second kappa shape index (κ2) is 4.74. The van der Waals surface area contributed by atoms with Crippen LogP contribution >= 0.6 is 0 Å². The molecule has 75 valence electrons. The Bertz CT molecular complexity index is 394. The van der Waals surface area contributed by atoms with Gasteiger partial charge in [0.25, 0.3) is 0 Å². The molecule has 0 bridgehead atoms. The van der Waals surface area contributed by atoms with Gasteiger partial charge in [-0.15, -0.1) is 0 Å². The topological polar surface area (TPSA) is 0 Å². The van der Waals surface area contributed by atoms with E-state index in [4.69, 9.17) is 0 Å². The quantitative estimate of drug-likeness (QED) is 0.705. The molecule has 0 atom stereocenters. The lowest BCUT2D eigenvalue weighted by atomic mass is 10.0. The van der Waals surface area contributed by atoms with Gasteiger partial charge in [-0.2, -0.15) is 0 Å². The fraction of sp³-hybridized carbons (Fsp3) is 0.0714. The molecule has 0 aliphatic rings. The lowest BCUT2D eigenvalue weighted by Gasteiger charge is -2.06. The van der Waals surface area contributed by atoms with Crippen LogP contribution in [0.5, 0.6) is 0 Å². The van der Waals surface area contributed by atoms with Crippen LogP contribution in [0.25, 0.3) is 0 Å². The van der Waals surface area contributed by atoms with Gasteiger partial charge in [-0.25, -0.2) is 4.39 Å². The van der Waals surface area contributed by atoms with Crippen LogP contribution in [0.15, 0.2) is 60.7 Å². The van der Waals surface area contributed by atoms with Crippen LogP contribution in [-0.2, 0) is 6.42 Å². The zero-order valence-electron chi connectivity index (χ0n) is 8.36. The summed E-state index contributed by atoms with van der Waals surface area (Å²) in [5.74, 6) is 0. The molecule has 0 saturated heterocycles. The normalized spacial score (nSPS) is 10.5.